The number of esters is 1. The third-order valence-electron chi connectivity index (χ3n) is 3.63. The maximum absolute atomic E-state index is 11.8. The lowest BCUT2D eigenvalue weighted by atomic mass is 10.2. The van der Waals surface area contributed by atoms with Crippen LogP contribution in [0.15, 0.2) is 54.6 Å². The minimum atomic E-state index is -0.602. The summed E-state index contributed by atoms with van der Waals surface area (Å²) in [6.07, 6.45) is -0.0811. The van der Waals surface area contributed by atoms with Crippen molar-refractivity contribution < 1.29 is 23.9 Å². The van der Waals surface area contributed by atoms with Crippen LogP contribution in [0.2, 0.25) is 0 Å². The Balaban J connectivity index is 1.61. The van der Waals surface area contributed by atoms with Gasteiger partial charge in [0.05, 0.1) is 13.5 Å². The monoisotopic (exact) mass is 370 g/mol. The van der Waals surface area contributed by atoms with Crippen LogP contribution in [0.25, 0.3) is 0 Å². The zero-order valence-corrected chi connectivity index (χ0v) is 15.1. The van der Waals surface area contributed by atoms with Gasteiger partial charge in [0.1, 0.15) is 5.75 Å². The quantitative estimate of drug-likeness (QED) is 0.661. The molecule has 2 amide bonds. The van der Waals surface area contributed by atoms with Crippen LogP contribution >= 0.6 is 0 Å². The van der Waals surface area contributed by atoms with Gasteiger partial charge < -0.3 is 20.1 Å². The molecule has 0 aromatic heterocycles. The van der Waals surface area contributed by atoms with Gasteiger partial charge in [-0.25, -0.2) is 0 Å². The third-order valence-corrected chi connectivity index (χ3v) is 3.63. The van der Waals surface area contributed by atoms with Crippen molar-refractivity contribution in [3.05, 3.63) is 60.2 Å². The summed E-state index contributed by atoms with van der Waals surface area (Å²) in [6.45, 7) is -0.00448. The number of carbonyl (C=O) groups is 3. The van der Waals surface area contributed by atoms with Gasteiger partial charge in [-0.2, -0.15) is 0 Å². The van der Waals surface area contributed by atoms with Crippen LogP contribution in [-0.2, 0) is 25.7 Å². The van der Waals surface area contributed by atoms with Crippen molar-refractivity contribution in [3.63, 3.8) is 0 Å². The predicted octanol–water partition coefficient (Wildman–Crippen LogP) is 2.27. The molecule has 7 nitrogen and oxygen atoms in total. The van der Waals surface area contributed by atoms with Gasteiger partial charge in [0, 0.05) is 18.7 Å². The van der Waals surface area contributed by atoms with E-state index in [1.54, 1.807) is 31.4 Å². The highest BCUT2D eigenvalue weighted by Crippen LogP contribution is 2.14. The van der Waals surface area contributed by atoms with Crippen LogP contribution in [0.4, 0.5) is 5.69 Å². The standard InChI is InChI=1S/C20H22N2O5/c1-26-17-9-7-16(8-10-17)22-19(24)14-27-20(25)12-11-18(23)21-13-15-5-3-2-4-6-15/h2-10H,11-14H2,1H3,(H,21,23)(H,22,24). The molecule has 2 aromatic rings. The SMILES string of the molecule is COc1ccc(NC(=O)COC(=O)CCC(=O)NCc2ccccc2)cc1. The second-order valence-electron chi connectivity index (χ2n) is 5.70. The molecule has 0 aliphatic carbocycles. The number of carbonyl (C=O) groups excluding carboxylic acids is 3. The average Bonchev–Trinajstić information content (AvgIpc) is 2.70. The molecule has 2 rings (SSSR count). The molecule has 2 aromatic carbocycles. The van der Waals surface area contributed by atoms with Crippen molar-refractivity contribution in [1.82, 2.24) is 5.32 Å². The van der Waals surface area contributed by atoms with E-state index in [-0.39, 0.29) is 18.7 Å². The van der Waals surface area contributed by atoms with Gasteiger partial charge in [-0.1, -0.05) is 30.3 Å². The maximum atomic E-state index is 11.8. The first-order chi connectivity index (χ1) is 13.1. The van der Waals surface area contributed by atoms with E-state index in [0.717, 1.165) is 5.56 Å². The molecule has 0 spiro atoms. The Morgan fingerprint density at radius 3 is 2.26 bits per heavy atom. The van der Waals surface area contributed by atoms with Gasteiger partial charge in [-0.05, 0) is 29.8 Å². The molecule has 0 heterocycles. The van der Waals surface area contributed by atoms with Crippen molar-refractivity contribution in [2.45, 2.75) is 19.4 Å². The summed E-state index contributed by atoms with van der Waals surface area (Å²) in [5, 5.41) is 5.33. The summed E-state index contributed by atoms with van der Waals surface area (Å²) in [7, 11) is 1.55. The van der Waals surface area contributed by atoms with E-state index in [1.165, 1.54) is 0 Å². The van der Waals surface area contributed by atoms with E-state index >= 15 is 0 Å². The Bertz CT molecular complexity index is 760. The van der Waals surface area contributed by atoms with E-state index in [4.69, 9.17) is 9.47 Å². The maximum Gasteiger partial charge on any atom is 0.306 e. The van der Waals surface area contributed by atoms with Crippen molar-refractivity contribution in [2.24, 2.45) is 0 Å². The third kappa shape index (κ3) is 7.60. The summed E-state index contributed by atoms with van der Waals surface area (Å²) in [5.74, 6) is -0.639. The first-order valence-corrected chi connectivity index (χ1v) is 8.47. The fraction of sp³-hybridized carbons (Fsp3) is 0.250. The fourth-order valence-electron chi connectivity index (χ4n) is 2.19. The van der Waals surface area contributed by atoms with Crippen molar-refractivity contribution in [1.29, 1.82) is 0 Å². The summed E-state index contributed by atoms with van der Waals surface area (Å²) < 4.78 is 9.91. The van der Waals surface area contributed by atoms with E-state index in [2.05, 4.69) is 10.6 Å². The highest BCUT2D eigenvalue weighted by Gasteiger charge is 2.10. The first kappa shape index (κ1) is 20.0. The Morgan fingerprint density at radius 2 is 1.59 bits per heavy atom. The Hall–Kier alpha value is -3.35. The molecule has 0 atom stereocenters. The number of benzene rings is 2. The molecule has 27 heavy (non-hydrogen) atoms. The predicted molar refractivity (Wildman–Crippen MR) is 100 cm³/mol. The summed E-state index contributed by atoms with van der Waals surface area (Å²) in [5.41, 5.74) is 1.54. The van der Waals surface area contributed by atoms with Gasteiger partial charge in [0.25, 0.3) is 5.91 Å². The van der Waals surface area contributed by atoms with E-state index in [0.29, 0.717) is 18.0 Å². The fourth-order valence-corrected chi connectivity index (χ4v) is 2.19. The van der Waals surface area contributed by atoms with E-state index in [1.807, 2.05) is 30.3 Å². The van der Waals surface area contributed by atoms with Gasteiger partial charge in [-0.3, -0.25) is 14.4 Å². The molecule has 0 aliphatic rings. The van der Waals surface area contributed by atoms with Crippen LogP contribution < -0.4 is 15.4 Å². The molecule has 142 valence electrons. The minimum Gasteiger partial charge on any atom is -0.497 e. The lowest BCUT2D eigenvalue weighted by Crippen LogP contribution is -2.25. The lowest BCUT2D eigenvalue weighted by molar-refractivity contribution is -0.148. The van der Waals surface area contributed by atoms with Gasteiger partial charge in [0.15, 0.2) is 6.61 Å². The number of hydrogen-bond donors (Lipinski definition) is 2. The molecule has 0 aliphatic heterocycles. The zero-order chi connectivity index (χ0) is 19.5. The van der Waals surface area contributed by atoms with Crippen LogP contribution in [0.5, 0.6) is 5.75 Å². The van der Waals surface area contributed by atoms with Crippen LogP contribution in [0.3, 0.4) is 0 Å². The van der Waals surface area contributed by atoms with Crippen molar-refractivity contribution in [2.75, 3.05) is 19.0 Å². The van der Waals surface area contributed by atoms with Crippen LogP contribution in [0.1, 0.15) is 18.4 Å². The molecule has 0 radical (unpaired) electrons. The van der Waals surface area contributed by atoms with E-state index in [9.17, 15) is 14.4 Å². The number of hydrogen-bond acceptors (Lipinski definition) is 5. The van der Waals surface area contributed by atoms with Crippen LogP contribution in [-0.4, -0.2) is 31.5 Å². The van der Waals surface area contributed by atoms with Gasteiger partial charge >= 0.3 is 5.97 Å². The number of rotatable bonds is 9. The molecule has 2 N–H and O–H groups in total. The zero-order valence-electron chi connectivity index (χ0n) is 15.1. The number of amides is 2. The molecule has 0 saturated heterocycles. The highest BCUT2D eigenvalue weighted by molar-refractivity contribution is 5.93. The number of anilines is 1. The Kier molecular flexibility index (Phi) is 7.84. The Morgan fingerprint density at radius 1 is 0.889 bits per heavy atom. The topological polar surface area (TPSA) is 93.7 Å². The second kappa shape index (κ2) is 10.6. The molecule has 0 unspecified atom stereocenters. The molecular weight excluding hydrogens is 348 g/mol. The van der Waals surface area contributed by atoms with E-state index < -0.39 is 18.5 Å². The average molecular weight is 370 g/mol. The first-order valence-electron chi connectivity index (χ1n) is 8.47. The number of nitrogens with one attached hydrogen (secondary N) is 2. The molecular formula is C20H22N2O5. The Labute approximate surface area is 157 Å². The molecule has 0 bridgehead atoms. The molecule has 0 fully saturated rings. The number of ether oxygens (including phenoxy) is 2. The second-order valence-corrected chi connectivity index (χ2v) is 5.70. The van der Waals surface area contributed by atoms with Crippen molar-refractivity contribution >= 4 is 23.5 Å². The van der Waals surface area contributed by atoms with Crippen molar-refractivity contribution in [3.8, 4) is 5.75 Å². The largest absolute Gasteiger partial charge is 0.497 e. The lowest BCUT2D eigenvalue weighted by Gasteiger charge is -2.08. The normalized spacial score (nSPS) is 9.96. The summed E-state index contributed by atoms with van der Waals surface area (Å²) in [6, 6.07) is 16.2. The highest BCUT2D eigenvalue weighted by atomic mass is 16.5. The smallest absolute Gasteiger partial charge is 0.306 e. The molecule has 7 heteroatoms. The van der Waals surface area contributed by atoms with Crippen LogP contribution in [0, 0.1) is 0 Å². The van der Waals surface area contributed by atoms with Gasteiger partial charge in [0.2, 0.25) is 5.91 Å². The summed E-state index contributed by atoms with van der Waals surface area (Å²) in [4.78, 5) is 35.2. The summed E-state index contributed by atoms with van der Waals surface area (Å²) >= 11 is 0. The molecule has 0 saturated carbocycles. The van der Waals surface area contributed by atoms with Gasteiger partial charge in [-0.15, -0.1) is 0 Å². The number of methoxy groups -OCH3 is 1. The minimum absolute atomic E-state index is 0.00572.